The summed E-state index contributed by atoms with van der Waals surface area (Å²) in [6.07, 6.45) is 1.36. The lowest BCUT2D eigenvalue weighted by Crippen LogP contribution is -2.37. The Morgan fingerprint density at radius 1 is 1.19 bits per heavy atom. The van der Waals surface area contributed by atoms with E-state index in [1.54, 1.807) is 16.4 Å². The number of aromatic nitrogens is 2. The minimum absolute atomic E-state index is 0.105. The molecule has 0 saturated carbocycles. The highest BCUT2D eigenvalue weighted by Gasteiger charge is 2.32. The molecule has 3 heterocycles. The van der Waals surface area contributed by atoms with Gasteiger partial charge in [0.15, 0.2) is 5.82 Å². The van der Waals surface area contributed by atoms with E-state index in [1.165, 1.54) is 11.3 Å². The van der Waals surface area contributed by atoms with Crippen LogP contribution in [0, 0.1) is 6.92 Å². The van der Waals surface area contributed by atoms with Crippen LogP contribution >= 0.6 is 27.3 Å². The zero-order valence-corrected chi connectivity index (χ0v) is 17.8. The third-order valence-corrected chi connectivity index (χ3v) is 8.77. The molecule has 2 aromatic heterocycles. The molecule has 1 saturated heterocycles. The molecule has 4 rings (SSSR count). The number of sulfonamides is 1. The van der Waals surface area contributed by atoms with Crippen LogP contribution in [0.2, 0.25) is 0 Å². The number of nitrogens with zero attached hydrogens (tertiary/aromatic N) is 3. The molecule has 0 radical (unpaired) electrons. The van der Waals surface area contributed by atoms with Crippen LogP contribution in [-0.2, 0) is 10.0 Å². The first kappa shape index (κ1) is 18.8. The topological polar surface area (TPSA) is 76.3 Å². The summed E-state index contributed by atoms with van der Waals surface area (Å²) in [6, 6.07) is 11.3. The number of piperidine rings is 1. The van der Waals surface area contributed by atoms with Gasteiger partial charge in [0.1, 0.15) is 4.21 Å². The second-order valence-corrected chi connectivity index (χ2v) is 11.1. The lowest BCUT2D eigenvalue weighted by molar-refractivity contribution is 0.307. The molecule has 27 heavy (non-hydrogen) atoms. The summed E-state index contributed by atoms with van der Waals surface area (Å²) >= 11 is 4.56. The molecule has 0 bridgehead atoms. The fourth-order valence-electron chi connectivity index (χ4n) is 3.24. The summed E-state index contributed by atoms with van der Waals surface area (Å²) in [4.78, 5) is 4.56. The number of thiophene rings is 1. The van der Waals surface area contributed by atoms with Crippen LogP contribution in [-0.4, -0.2) is 36.0 Å². The molecular weight excluding hydrogens is 450 g/mol. The first-order valence-electron chi connectivity index (χ1n) is 8.60. The van der Waals surface area contributed by atoms with Crippen molar-refractivity contribution in [2.24, 2.45) is 0 Å². The second-order valence-electron chi connectivity index (χ2n) is 6.51. The largest absolute Gasteiger partial charge is 0.334 e. The Labute approximate surface area is 170 Å². The molecule has 3 aromatic rings. The van der Waals surface area contributed by atoms with Gasteiger partial charge in [0.25, 0.3) is 15.9 Å². The van der Waals surface area contributed by atoms with Crippen molar-refractivity contribution in [2.75, 3.05) is 13.1 Å². The Bertz CT molecular complexity index is 1050. The van der Waals surface area contributed by atoms with Gasteiger partial charge in [-0.1, -0.05) is 23.4 Å². The third kappa shape index (κ3) is 3.73. The molecule has 1 aliphatic rings. The molecule has 0 N–H and O–H groups in total. The zero-order chi connectivity index (χ0) is 19.0. The monoisotopic (exact) mass is 467 g/mol. The average Bonchev–Trinajstić information content (AvgIpc) is 3.32. The van der Waals surface area contributed by atoms with E-state index in [-0.39, 0.29) is 5.92 Å². The van der Waals surface area contributed by atoms with E-state index < -0.39 is 10.0 Å². The smallest absolute Gasteiger partial charge is 0.258 e. The van der Waals surface area contributed by atoms with Gasteiger partial charge in [-0.25, -0.2) is 8.42 Å². The zero-order valence-electron chi connectivity index (χ0n) is 14.6. The Morgan fingerprint density at radius 2 is 1.93 bits per heavy atom. The summed E-state index contributed by atoms with van der Waals surface area (Å²) < 4.78 is 33.7. The highest BCUT2D eigenvalue weighted by atomic mass is 79.9. The molecule has 1 fully saturated rings. The van der Waals surface area contributed by atoms with Gasteiger partial charge in [0, 0.05) is 24.6 Å². The van der Waals surface area contributed by atoms with E-state index >= 15 is 0 Å². The van der Waals surface area contributed by atoms with E-state index in [1.807, 2.05) is 31.2 Å². The fourth-order valence-corrected chi connectivity index (χ4v) is 6.87. The van der Waals surface area contributed by atoms with Crippen LogP contribution in [0.4, 0.5) is 0 Å². The van der Waals surface area contributed by atoms with Crippen LogP contribution in [0.15, 0.2) is 48.9 Å². The van der Waals surface area contributed by atoms with Crippen LogP contribution in [0.3, 0.4) is 0 Å². The van der Waals surface area contributed by atoms with Crippen LogP contribution < -0.4 is 0 Å². The Kier molecular flexibility index (Phi) is 5.19. The minimum Gasteiger partial charge on any atom is -0.334 e. The van der Waals surface area contributed by atoms with Crippen molar-refractivity contribution < 1.29 is 12.9 Å². The number of benzene rings is 1. The fraction of sp³-hybridized carbons (Fsp3) is 0.333. The second kappa shape index (κ2) is 7.46. The normalized spacial score (nSPS) is 16.7. The quantitative estimate of drug-likeness (QED) is 0.566. The molecule has 0 spiro atoms. The van der Waals surface area contributed by atoms with Gasteiger partial charge in [-0.2, -0.15) is 9.29 Å². The van der Waals surface area contributed by atoms with Crippen molar-refractivity contribution in [1.29, 1.82) is 0 Å². The lowest BCUT2D eigenvalue weighted by atomic mass is 9.97. The lowest BCUT2D eigenvalue weighted by Gasteiger charge is -2.29. The average molecular weight is 468 g/mol. The molecule has 0 unspecified atom stereocenters. The summed E-state index contributed by atoms with van der Waals surface area (Å²) in [5, 5.41) is 4.15. The van der Waals surface area contributed by atoms with E-state index in [4.69, 9.17) is 4.52 Å². The standard InChI is InChI=1S/C18H18BrN3O3S2/c1-12-4-2-3-5-14(12)18-20-17(21-25-18)13-8-10-22(11-9-13)27(23,24)16-7-6-15(19)26-16/h2-7,13H,8-11H2,1H3. The van der Waals surface area contributed by atoms with Crippen molar-refractivity contribution in [3.05, 3.63) is 51.6 Å². The van der Waals surface area contributed by atoms with Gasteiger partial charge in [-0.3, -0.25) is 0 Å². The van der Waals surface area contributed by atoms with Crippen molar-refractivity contribution in [3.63, 3.8) is 0 Å². The van der Waals surface area contributed by atoms with E-state index in [0.29, 0.717) is 41.9 Å². The predicted octanol–water partition coefficient (Wildman–Crippen LogP) is 4.44. The van der Waals surface area contributed by atoms with Crippen LogP contribution in [0.5, 0.6) is 0 Å². The van der Waals surface area contributed by atoms with E-state index in [2.05, 4.69) is 26.1 Å². The Hall–Kier alpha value is -1.55. The first-order valence-corrected chi connectivity index (χ1v) is 11.7. The maximum Gasteiger partial charge on any atom is 0.258 e. The number of halogens is 1. The molecule has 1 aliphatic heterocycles. The third-order valence-electron chi connectivity index (χ3n) is 4.78. The molecule has 6 nitrogen and oxygen atoms in total. The van der Waals surface area contributed by atoms with E-state index in [0.717, 1.165) is 14.9 Å². The molecule has 0 aliphatic carbocycles. The first-order chi connectivity index (χ1) is 12.9. The maximum atomic E-state index is 12.7. The van der Waals surface area contributed by atoms with Crippen molar-refractivity contribution in [3.8, 4) is 11.5 Å². The van der Waals surface area contributed by atoms with Gasteiger partial charge < -0.3 is 4.52 Å². The Morgan fingerprint density at radius 3 is 2.59 bits per heavy atom. The van der Waals surface area contributed by atoms with Gasteiger partial charge in [0.2, 0.25) is 0 Å². The van der Waals surface area contributed by atoms with Crippen LogP contribution in [0.1, 0.15) is 30.1 Å². The predicted molar refractivity (Wildman–Crippen MR) is 107 cm³/mol. The number of aryl methyl sites for hydroxylation is 1. The minimum atomic E-state index is -3.43. The maximum absolute atomic E-state index is 12.7. The SMILES string of the molecule is Cc1ccccc1-c1nc(C2CCN(S(=O)(=O)c3ccc(Br)s3)CC2)no1. The molecular formula is C18H18BrN3O3S2. The summed E-state index contributed by atoms with van der Waals surface area (Å²) in [5.41, 5.74) is 2.01. The van der Waals surface area contributed by atoms with Gasteiger partial charge in [-0.15, -0.1) is 11.3 Å². The number of rotatable bonds is 4. The van der Waals surface area contributed by atoms with Gasteiger partial charge >= 0.3 is 0 Å². The van der Waals surface area contributed by atoms with Gasteiger partial charge in [-0.05, 0) is 59.5 Å². The Balaban J connectivity index is 1.46. The highest BCUT2D eigenvalue weighted by Crippen LogP contribution is 2.33. The van der Waals surface area contributed by atoms with Crippen molar-refractivity contribution >= 4 is 37.3 Å². The van der Waals surface area contributed by atoms with E-state index in [9.17, 15) is 8.42 Å². The summed E-state index contributed by atoms with van der Waals surface area (Å²) in [6.45, 7) is 2.92. The highest BCUT2D eigenvalue weighted by molar-refractivity contribution is 9.11. The molecule has 1 aromatic carbocycles. The molecule has 9 heteroatoms. The summed E-state index contributed by atoms with van der Waals surface area (Å²) in [5.74, 6) is 1.28. The molecule has 0 amide bonds. The number of hydrogen-bond donors (Lipinski definition) is 0. The number of hydrogen-bond acceptors (Lipinski definition) is 6. The molecule has 0 atom stereocenters. The van der Waals surface area contributed by atoms with Gasteiger partial charge in [0.05, 0.1) is 3.79 Å². The summed E-state index contributed by atoms with van der Waals surface area (Å²) in [7, 11) is -3.43. The molecule has 142 valence electrons. The van der Waals surface area contributed by atoms with Crippen molar-refractivity contribution in [2.45, 2.75) is 29.9 Å². The van der Waals surface area contributed by atoms with Crippen molar-refractivity contribution in [1.82, 2.24) is 14.4 Å². The van der Waals surface area contributed by atoms with Crippen LogP contribution in [0.25, 0.3) is 11.5 Å².